The molecule has 0 radical (unpaired) electrons. The SMILES string of the molecule is Cc1c(C(=O)NCc2ncco2)oc2c1-c1nn(CC(F)(F)c3ccccn3)cc1CC2. The number of halogens is 2. The number of pyridine rings is 1. The van der Waals surface area contributed by atoms with E-state index in [4.69, 9.17) is 8.83 Å². The molecule has 0 fully saturated rings. The van der Waals surface area contributed by atoms with Crippen LogP contribution in [0.3, 0.4) is 0 Å². The number of aromatic nitrogens is 4. The quantitative estimate of drug-likeness (QED) is 0.492. The highest BCUT2D eigenvalue weighted by molar-refractivity contribution is 5.95. The lowest BCUT2D eigenvalue weighted by Gasteiger charge is -2.15. The van der Waals surface area contributed by atoms with E-state index in [-0.39, 0.29) is 18.0 Å². The van der Waals surface area contributed by atoms with Crippen LogP contribution in [-0.4, -0.2) is 25.7 Å². The van der Waals surface area contributed by atoms with E-state index in [9.17, 15) is 13.6 Å². The number of oxazole rings is 1. The van der Waals surface area contributed by atoms with Crippen LogP contribution >= 0.6 is 0 Å². The second-order valence-electron chi connectivity index (χ2n) is 7.58. The molecule has 0 aliphatic heterocycles. The third kappa shape index (κ3) is 3.57. The zero-order chi connectivity index (χ0) is 22.3. The number of furan rings is 1. The normalized spacial score (nSPS) is 13.0. The molecule has 4 heterocycles. The van der Waals surface area contributed by atoms with Crippen molar-refractivity contribution in [1.82, 2.24) is 25.1 Å². The number of fused-ring (bicyclic) bond motifs is 3. The molecule has 4 aromatic rings. The van der Waals surface area contributed by atoms with Crippen molar-refractivity contribution in [2.24, 2.45) is 0 Å². The smallest absolute Gasteiger partial charge is 0.308 e. The fraction of sp³-hybridized carbons (Fsp3) is 0.273. The highest BCUT2D eigenvalue weighted by atomic mass is 19.3. The van der Waals surface area contributed by atoms with Gasteiger partial charge in [0.1, 0.15) is 24.3 Å². The lowest BCUT2D eigenvalue weighted by Crippen LogP contribution is -2.23. The van der Waals surface area contributed by atoms with Gasteiger partial charge < -0.3 is 14.2 Å². The molecule has 0 unspecified atom stereocenters. The van der Waals surface area contributed by atoms with Crippen molar-refractivity contribution in [3.8, 4) is 11.3 Å². The summed E-state index contributed by atoms with van der Waals surface area (Å²) >= 11 is 0. The van der Waals surface area contributed by atoms with Crippen molar-refractivity contribution >= 4 is 5.91 Å². The van der Waals surface area contributed by atoms with E-state index in [1.54, 1.807) is 19.2 Å². The molecule has 1 aliphatic carbocycles. The van der Waals surface area contributed by atoms with E-state index in [0.29, 0.717) is 41.3 Å². The molecule has 10 heteroatoms. The number of aryl methyl sites for hydroxylation is 2. The molecule has 4 aromatic heterocycles. The van der Waals surface area contributed by atoms with Gasteiger partial charge in [-0.25, -0.2) is 4.98 Å². The van der Waals surface area contributed by atoms with Crippen molar-refractivity contribution in [3.63, 3.8) is 0 Å². The zero-order valence-electron chi connectivity index (χ0n) is 17.1. The average Bonchev–Trinajstić information content (AvgIpc) is 3.51. The molecule has 5 rings (SSSR count). The number of alkyl halides is 2. The number of hydrogen-bond donors (Lipinski definition) is 1. The van der Waals surface area contributed by atoms with E-state index in [1.807, 2.05) is 0 Å². The van der Waals surface area contributed by atoms with Gasteiger partial charge in [0.25, 0.3) is 5.91 Å². The van der Waals surface area contributed by atoms with Gasteiger partial charge in [0.2, 0.25) is 5.89 Å². The Labute approximate surface area is 181 Å². The number of nitrogens with one attached hydrogen (secondary N) is 1. The van der Waals surface area contributed by atoms with Crippen LogP contribution in [0.5, 0.6) is 0 Å². The van der Waals surface area contributed by atoms with E-state index >= 15 is 0 Å². The van der Waals surface area contributed by atoms with Gasteiger partial charge in [-0.2, -0.15) is 13.9 Å². The summed E-state index contributed by atoms with van der Waals surface area (Å²) in [5.41, 5.74) is 2.40. The first-order chi connectivity index (χ1) is 15.4. The van der Waals surface area contributed by atoms with Crippen LogP contribution in [0.1, 0.15) is 39.0 Å². The van der Waals surface area contributed by atoms with Crippen LogP contribution in [0.4, 0.5) is 8.78 Å². The molecule has 164 valence electrons. The molecule has 1 aliphatic rings. The average molecular weight is 439 g/mol. The summed E-state index contributed by atoms with van der Waals surface area (Å²) in [7, 11) is 0. The van der Waals surface area contributed by atoms with Crippen LogP contribution in [0.25, 0.3) is 11.3 Å². The van der Waals surface area contributed by atoms with E-state index in [0.717, 1.165) is 5.56 Å². The second-order valence-corrected chi connectivity index (χ2v) is 7.58. The highest BCUT2D eigenvalue weighted by Gasteiger charge is 2.36. The molecule has 1 amide bonds. The molecule has 32 heavy (non-hydrogen) atoms. The van der Waals surface area contributed by atoms with E-state index < -0.39 is 18.4 Å². The molecule has 8 nitrogen and oxygen atoms in total. The zero-order valence-corrected chi connectivity index (χ0v) is 17.1. The Balaban J connectivity index is 1.40. The largest absolute Gasteiger partial charge is 0.455 e. The van der Waals surface area contributed by atoms with Gasteiger partial charge in [0.15, 0.2) is 5.76 Å². The maximum absolute atomic E-state index is 14.7. The summed E-state index contributed by atoms with van der Waals surface area (Å²) in [5.74, 6) is -2.41. The minimum absolute atomic E-state index is 0.124. The third-order valence-electron chi connectivity index (χ3n) is 5.41. The van der Waals surface area contributed by atoms with Gasteiger partial charge in [-0.1, -0.05) is 6.07 Å². The number of hydrogen-bond acceptors (Lipinski definition) is 6. The third-order valence-corrected chi connectivity index (χ3v) is 5.41. The number of rotatable bonds is 6. The Morgan fingerprint density at radius 2 is 2.12 bits per heavy atom. The molecule has 0 saturated carbocycles. The van der Waals surface area contributed by atoms with Crippen molar-refractivity contribution in [2.45, 2.75) is 38.8 Å². The van der Waals surface area contributed by atoms with E-state index in [2.05, 4.69) is 20.4 Å². The number of carbonyl (C=O) groups is 1. The number of amides is 1. The highest BCUT2D eigenvalue weighted by Crippen LogP contribution is 2.39. The summed E-state index contributed by atoms with van der Waals surface area (Å²) in [6, 6.07) is 4.42. The molecular formula is C22H19F2N5O3. The van der Waals surface area contributed by atoms with Gasteiger partial charge in [0, 0.05) is 29.9 Å². The first-order valence-corrected chi connectivity index (χ1v) is 10.1. The van der Waals surface area contributed by atoms with Gasteiger partial charge >= 0.3 is 5.92 Å². The van der Waals surface area contributed by atoms with Gasteiger partial charge in [0.05, 0.1) is 18.4 Å². The summed E-state index contributed by atoms with van der Waals surface area (Å²) in [6.07, 6.45) is 7.03. The van der Waals surface area contributed by atoms with Gasteiger partial charge in [-0.15, -0.1) is 0 Å². The minimum atomic E-state index is -3.17. The van der Waals surface area contributed by atoms with Crippen LogP contribution < -0.4 is 5.32 Å². The topological polar surface area (TPSA) is 99.0 Å². The van der Waals surface area contributed by atoms with Crippen molar-refractivity contribution in [2.75, 3.05) is 0 Å². The second kappa shape index (κ2) is 7.70. The van der Waals surface area contributed by atoms with Crippen molar-refractivity contribution in [1.29, 1.82) is 0 Å². The summed E-state index contributed by atoms with van der Waals surface area (Å²) in [4.78, 5) is 20.4. The minimum Gasteiger partial charge on any atom is -0.455 e. The van der Waals surface area contributed by atoms with Crippen molar-refractivity contribution < 1.29 is 22.4 Å². The van der Waals surface area contributed by atoms with E-state index in [1.165, 1.54) is 35.5 Å². The molecular weight excluding hydrogens is 420 g/mol. The van der Waals surface area contributed by atoms with Crippen LogP contribution in [0.2, 0.25) is 0 Å². The number of nitrogens with zero attached hydrogens (tertiary/aromatic N) is 4. The molecule has 0 saturated heterocycles. The van der Waals surface area contributed by atoms with Crippen LogP contribution in [0, 0.1) is 6.92 Å². The first kappa shape index (κ1) is 20.1. The maximum atomic E-state index is 14.7. The molecule has 1 N–H and O–H groups in total. The van der Waals surface area contributed by atoms with Gasteiger partial charge in [-0.05, 0) is 31.0 Å². The monoisotopic (exact) mass is 439 g/mol. The Morgan fingerprint density at radius 3 is 2.88 bits per heavy atom. The molecule has 0 bridgehead atoms. The fourth-order valence-corrected chi connectivity index (χ4v) is 3.90. The lowest BCUT2D eigenvalue weighted by atomic mass is 9.93. The Kier molecular flexibility index (Phi) is 4.84. The standard InChI is InChI=1S/C22H19F2N5O3/c1-13-18-15(32-20(13)21(30)27-10-17-26-8-9-31-17)6-5-14-11-29(28-19(14)18)12-22(23,24)16-4-2-3-7-25-16/h2-4,7-9,11H,5-6,10,12H2,1H3,(H,27,30). The first-order valence-electron chi connectivity index (χ1n) is 10.1. The van der Waals surface area contributed by atoms with Gasteiger partial charge in [-0.3, -0.25) is 14.5 Å². The number of carbonyl (C=O) groups excluding carboxylic acids is 1. The summed E-state index contributed by atoms with van der Waals surface area (Å²) in [5, 5.41) is 7.12. The molecule has 0 spiro atoms. The summed E-state index contributed by atoms with van der Waals surface area (Å²) in [6.45, 7) is 1.25. The maximum Gasteiger partial charge on any atom is 0.308 e. The van der Waals surface area contributed by atoms with Crippen molar-refractivity contribution in [3.05, 3.63) is 77.3 Å². The fourth-order valence-electron chi connectivity index (χ4n) is 3.90. The molecule has 0 aromatic carbocycles. The molecule has 0 atom stereocenters. The predicted octanol–water partition coefficient (Wildman–Crippen LogP) is 3.66. The Bertz CT molecular complexity index is 1260. The Hall–Kier alpha value is -3.82. The lowest BCUT2D eigenvalue weighted by molar-refractivity contribution is -0.0296. The van der Waals surface area contributed by atoms with Crippen LogP contribution in [-0.2, 0) is 31.9 Å². The summed E-state index contributed by atoms with van der Waals surface area (Å²) < 4.78 is 41.6. The Morgan fingerprint density at radius 1 is 1.25 bits per heavy atom. The predicted molar refractivity (Wildman–Crippen MR) is 108 cm³/mol. The van der Waals surface area contributed by atoms with Crippen LogP contribution in [0.15, 0.2) is 51.9 Å².